The molecule has 0 atom stereocenters. The summed E-state index contributed by atoms with van der Waals surface area (Å²) in [7, 11) is 0. The molecule has 0 saturated carbocycles. The van der Waals surface area contributed by atoms with Crippen LogP contribution in [0.1, 0.15) is 21.1 Å². The van der Waals surface area contributed by atoms with Crippen molar-refractivity contribution in [1.82, 2.24) is 9.97 Å². The van der Waals surface area contributed by atoms with Crippen LogP contribution in [0.4, 0.5) is 0 Å². The number of halogens is 1. The number of carboxylic acid groups (broad SMARTS) is 1. The van der Waals surface area contributed by atoms with Crippen molar-refractivity contribution in [2.45, 2.75) is 6.42 Å². The highest BCUT2D eigenvalue weighted by Crippen LogP contribution is 2.21. The second-order valence-corrected chi connectivity index (χ2v) is 6.40. The average Bonchev–Trinajstić information content (AvgIpc) is 2.83. The van der Waals surface area contributed by atoms with Crippen molar-refractivity contribution >= 4 is 43.5 Å². The summed E-state index contributed by atoms with van der Waals surface area (Å²) in [6, 6.07) is 9.06. The third kappa shape index (κ3) is 2.88. The molecule has 0 spiro atoms. The number of hydrogen-bond donors (Lipinski definition) is 2. The molecule has 0 bridgehead atoms. The Balaban J connectivity index is 2.04. The summed E-state index contributed by atoms with van der Waals surface area (Å²) in [6.45, 7) is 0. The number of H-pyrrole nitrogens is 1. The predicted octanol–water partition coefficient (Wildman–Crippen LogP) is 3.04. The molecule has 0 amide bonds. The Morgan fingerprint density at radius 3 is 2.90 bits per heavy atom. The molecule has 3 aromatic rings. The first-order valence-electron chi connectivity index (χ1n) is 6.03. The van der Waals surface area contributed by atoms with Crippen LogP contribution in [0.15, 0.2) is 39.6 Å². The Morgan fingerprint density at radius 1 is 1.38 bits per heavy atom. The van der Waals surface area contributed by atoms with Gasteiger partial charge in [0.05, 0.1) is 5.39 Å². The maximum absolute atomic E-state index is 12.0. The number of nitrogens with one attached hydrogen (secondary N) is 1. The quantitative estimate of drug-likeness (QED) is 0.748. The lowest BCUT2D eigenvalue weighted by atomic mass is 10.1. The van der Waals surface area contributed by atoms with Gasteiger partial charge in [0.15, 0.2) is 0 Å². The molecular formula is C14H9BrN2O3S. The maximum Gasteiger partial charge on any atom is 0.345 e. The van der Waals surface area contributed by atoms with Crippen LogP contribution in [-0.2, 0) is 6.42 Å². The number of aromatic carboxylic acids is 1. The third-order valence-electron chi connectivity index (χ3n) is 2.92. The smallest absolute Gasteiger partial charge is 0.345 e. The van der Waals surface area contributed by atoms with Crippen molar-refractivity contribution in [3.63, 3.8) is 0 Å². The van der Waals surface area contributed by atoms with Crippen molar-refractivity contribution in [2.24, 2.45) is 0 Å². The summed E-state index contributed by atoms with van der Waals surface area (Å²) in [5.41, 5.74) is 0.690. The number of aromatic nitrogens is 2. The van der Waals surface area contributed by atoms with E-state index < -0.39 is 5.97 Å². The van der Waals surface area contributed by atoms with Gasteiger partial charge >= 0.3 is 5.97 Å². The molecule has 21 heavy (non-hydrogen) atoms. The van der Waals surface area contributed by atoms with Gasteiger partial charge < -0.3 is 10.1 Å². The molecule has 0 aliphatic carbocycles. The van der Waals surface area contributed by atoms with Gasteiger partial charge in [-0.25, -0.2) is 9.78 Å². The van der Waals surface area contributed by atoms with E-state index in [-0.39, 0.29) is 10.4 Å². The fourth-order valence-electron chi connectivity index (χ4n) is 2.01. The molecule has 0 saturated heterocycles. The number of rotatable bonds is 3. The second-order valence-electron chi connectivity index (χ2n) is 4.45. The summed E-state index contributed by atoms with van der Waals surface area (Å²) in [6.07, 6.45) is 0.477. The van der Waals surface area contributed by atoms with Crippen molar-refractivity contribution in [3.8, 4) is 0 Å². The largest absolute Gasteiger partial charge is 0.477 e. The van der Waals surface area contributed by atoms with Gasteiger partial charge in [0.25, 0.3) is 5.56 Å². The van der Waals surface area contributed by atoms with E-state index in [1.165, 1.54) is 6.07 Å². The van der Waals surface area contributed by atoms with Gasteiger partial charge in [-0.15, -0.1) is 11.3 Å². The number of benzene rings is 1. The van der Waals surface area contributed by atoms with E-state index in [2.05, 4.69) is 25.9 Å². The highest BCUT2D eigenvalue weighted by Gasteiger charge is 2.13. The molecule has 2 N–H and O–H groups in total. The lowest BCUT2D eigenvalue weighted by molar-refractivity contribution is 0.0702. The highest BCUT2D eigenvalue weighted by atomic mass is 79.9. The summed E-state index contributed by atoms with van der Waals surface area (Å²) >= 11 is 4.40. The molecule has 0 radical (unpaired) electrons. The lowest BCUT2D eigenvalue weighted by Crippen LogP contribution is -2.10. The zero-order valence-electron chi connectivity index (χ0n) is 10.6. The summed E-state index contributed by atoms with van der Waals surface area (Å²) < 4.78 is 0.952. The highest BCUT2D eigenvalue weighted by molar-refractivity contribution is 9.10. The van der Waals surface area contributed by atoms with E-state index in [1.54, 1.807) is 0 Å². The summed E-state index contributed by atoms with van der Waals surface area (Å²) in [5, 5.41) is 9.29. The zero-order chi connectivity index (χ0) is 15.0. The maximum atomic E-state index is 12.0. The van der Waals surface area contributed by atoms with E-state index in [4.69, 9.17) is 5.11 Å². The first-order chi connectivity index (χ1) is 10.0. The minimum Gasteiger partial charge on any atom is -0.477 e. The van der Waals surface area contributed by atoms with Crippen LogP contribution in [-0.4, -0.2) is 21.0 Å². The molecule has 0 aliphatic heterocycles. The van der Waals surface area contributed by atoms with Gasteiger partial charge in [0.1, 0.15) is 15.5 Å². The van der Waals surface area contributed by atoms with E-state index in [0.717, 1.165) is 21.4 Å². The van der Waals surface area contributed by atoms with Gasteiger partial charge in [-0.2, -0.15) is 0 Å². The van der Waals surface area contributed by atoms with Crippen LogP contribution in [0, 0.1) is 0 Å². The molecule has 7 heteroatoms. The van der Waals surface area contributed by atoms with Gasteiger partial charge in [-0.1, -0.05) is 28.1 Å². The molecule has 106 valence electrons. The van der Waals surface area contributed by atoms with Crippen LogP contribution < -0.4 is 5.56 Å². The zero-order valence-corrected chi connectivity index (χ0v) is 13.0. The van der Waals surface area contributed by atoms with Crippen molar-refractivity contribution in [1.29, 1.82) is 0 Å². The van der Waals surface area contributed by atoms with Crippen LogP contribution in [0.3, 0.4) is 0 Å². The van der Waals surface area contributed by atoms with Crippen LogP contribution in [0.2, 0.25) is 0 Å². The molecule has 0 unspecified atom stereocenters. The van der Waals surface area contributed by atoms with Gasteiger partial charge in [0.2, 0.25) is 0 Å². The molecule has 0 fully saturated rings. The summed E-state index contributed by atoms with van der Waals surface area (Å²) in [4.78, 5) is 30.6. The normalized spacial score (nSPS) is 10.9. The Labute approximate surface area is 131 Å². The first kappa shape index (κ1) is 14.0. The Kier molecular flexibility index (Phi) is 3.60. The topological polar surface area (TPSA) is 83.0 Å². The average molecular weight is 365 g/mol. The standard InChI is InChI=1S/C14H9BrN2O3S/c15-8-3-1-2-7(4-8)5-11-16-12(18)9-6-10(14(19)20)21-13(9)17-11/h1-4,6H,5H2,(H,19,20)(H,16,17,18). The minimum absolute atomic E-state index is 0.114. The van der Waals surface area contributed by atoms with E-state index in [1.807, 2.05) is 24.3 Å². The fourth-order valence-corrected chi connectivity index (χ4v) is 3.34. The SMILES string of the molecule is O=C(O)c1cc2c(=O)[nH]c(Cc3cccc(Br)c3)nc2s1. The Morgan fingerprint density at radius 2 is 2.19 bits per heavy atom. The molecule has 1 aromatic carbocycles. The van der Waals surface area contributed by atoms with Crippen LogP contribution in [0.5, 0.6) is 0 Å². The van der Waals surface area contributed by atoms with Gasteiger partial charge in [0, 0.05) is 10.9 Å². The molecule has 2 heterocycles. The van der Waals surface area contributed by atoms with Crippen molar-refractivity contribution in [2.75, 3.05) is 0 Å². The minimum atomic E-state index is -1.05. The Bertz CT molecular complexity index is 901. The number of hydrogen-bond acceptors (Lipinski definition) is 4. The van der Waals surface area contributed by atoms with E-state index >= 15 is 0 Å². The third-order valence-corrected chi connectivity index (χ3v) is 4.43. The fraction of sp³-hybridized carbons (Fsp3) is 0.0714. The molecule has 0 aliphatic rings. The molecule has 3 rings (SSSR count). The predicted molar refractivity (Wildman–Crippen MR) is 84.1 cm³/mol. The molecule has 5 nitrogen and oxygen atoms in total. The monoisotopic (exact) mass is 364 g/mol. The van der Waals surface area contributed by atoms with Gasteiger partial charge in [-0.3, -0.25) is 4.79 Å². The number of aromatic amines is 1. The first-order valence-corrected chi connectivity index (χ1v) is 7.64. The number of carboxylic acids is 1. The number of nitrogens with zero attached hydrogens (tertiary/aromatic N) is 1. The van der Waals surface area contributed by atoms with Crippen molar-refractivity contribution < 1.29 is 9.90 Å². The molecule has 2 aromatic heterocycles. The Hall–Kier alpha value is -1.99. The van der Waals surface area contributed by atoms with Gasteiger partial charge in [-0.05, 0) is 23.8 Å². The van der Waals surface area contributed by atoms with E-state index in [9.17, 15) is 9.59 Å². The van der Waals surface area contributed by atoms with Crippen molar-refractivity contribution in [3.05, 3.63) is 61.4 Å². The number of carbonyl (C=O) groups is 1. The number of thiophene rings is 1. The second kappa shape index (κ2) is 5.42. The number of fused-ring (bicyclic) bond motifs is 1. The lowest BCUT2D eigenvalue weighted by Gasteiger charge is -2.02. The molecular weight excluding hydrogens is 356 g/mol. The van der Waals surface area contributed by atoms with Crippen LogP contribution >= 0.6 is 27.3 Å². The summed E-state index contributed by atoms with van der Waals surface area (Å²) in [5.74, 6) is -0.532. The van der Waals surface area contributed by atoms with E-state index in [0.29, 0.717) is 22.5 Å². The van der Waals surface area contributed by atoms with Crippen LogP contribution in [0.25, 0.3) is 10.2 Å².